The smallest absolute Gasteiger partial charge is 0.399 e. The van der Waals surface area contributed by atoms with Crippen LogP contribution in [0.1, 0.15) is 25.6 Å². The molecule has 0 saturated heterocycles. The van der Waals surface area contributed by atoms with Crippen LogP contribution in [0.2, 0.25) is 0 Å². The van der Waals surface area contributed by atoms with Gasteiger partial charge in [0.25, 0.3) is 0 Å². The van der Waals surface area contributed by atoms with Crippen LogP contribution in [0, 0.1) is 0 Å². The van der Waals surface area contributed by atoms with Crippen LogP contribution < -0.4 is 10.5 Å². The largest absolute Gasteiger partial charge is 0.417 e. The third-order valence-corrected chi connectivity index (χ3v) is 2.05. The maximum Gasteiger partial charge on any atom is 0.399 e. The molecular weight excluding hydrogens is 208 g/mol. The molecule has 0 aliphatic rings. The van der Waals surface area contributed by atoms with Crippen molar-refractivity contribution in [2.24, 2.45) is 5.73 Å². The van der Waals surface area contributed by atoms with Crippen molar-refractivity contribution in [2.75, 3.05) is 0 Å². The molecule has 0 fully saturated rings. The SMILES string of the molecule is CC(C)n1cc(Oc2nc(CN)co2)cn1. The van der Waals surface area contributed by atoms with Crippen molar-refractivity contribution >= 4 is 0 Å². The lowest BCUT2D eigenvalue weighted by Gasteiger charge is -2.02. The molecule has 0 atom stereocenters. The third-order valence-electron chi connectivity index (χ3n) is 2.05. The van der Waals surface area contributed by atoms with Crippen molar-refractivity contribution in [3.05, 3.63) is 24.4 Å². The predicted octanol–water partition coefficient (Wildman–Crippen LogP) is 1.70. The number of ether oxygens (including phenoxy) is 1. The van der Waals surface area contributed by atoms with Gasteiger partial charge in [0.1, 0.15) is 6.26 Å². The lowest BCUT2D eigenvalue weighted by molar-refractivity contribution is 0.330. The van der Waals surface area contributed by atoms with Gasteiger partial charge in [-0.2, -0.15) is 10.1 Å². The second kappa shape index (κ2) is 4.36. The molecular formula is C10H14N4O2. The van der Waals surface area contributed by atoms with Crippen molar-refractivity contribution in [1.82, 2.24) is 14.8 Å². The van der Waals surface area contributed by atoms with E-state index in [1.165, 1.54) is 6.26 Å². The minimum absolute atomic E-state index is 0.184. The molecule has 6 nitrogen and oxygen atoms in total. The van der Waals surface area contributed by atoms with Crippen molar-refractivity contribution < 1.29 is 9.15 Å². The van der Waals surface area contributed by atoms with Crippen molar-refractivity contribution in [2.45, 2.75) is 26.4 Å². The Morgan fingerprint density at radius 3 is 2.94 bits per heavy atom. The van der Waals surface area contributed by atoms with E-state index in [9.17, 15) is 0 Å². The molecule has 0 aromatic carbocycles. The average molecular weight is 222 g/mol. The van der Waals surface area contributed by atoms with Gasteiger partial charge in [0, 0.05) is 12.6 Å². The maximum atomic E-state index is 5.41. The number of rotatable bonds is 4. The summed E-state index contributed by atoms with van der Waals surface area (Å²) in [4.78, 5) is 4.03. The molecule has 0 spiro atoms. The van der Waals surface area contributed by atoms with Crippen molar-refractivity contribution in [3.8, 4) is 11.8 Å². The Kier molecular flexibility index (Phi) is 2.91. The summed E-state index contributed by atoms with van der Waals surface area (Å²) >= 11 is 0. The van der Waals surface area contributed by atoms with Gasteiger partial charge in [0.15, 0.2) is 5.75 Å². The summed E-state index contributed by atoms with van der Waals surface area (Å²) in [5.41, 5.74) is 6.06. The molecule has 2 heterocycles. The zero-order valence-electron chi connectivity index (χ0n) is 9.25. The average Bonchev–Trinajstić information content (AvgIpc) is 2.87. The normalized spacial score (nSPS) is 11.0. The van der Waals surface area contributed by atoms with Crippen LogP contribution in [0.15, 0.2) is 23.1 Å². The van der Waals surface area contributed by atoms with E-state index in [-0.39, 0.29) is 6.08 Å². The molecule has 2 N–H and O–H groups in total. The minimum atomic E-state index is 0.184. The van der Waals surface area contributed by atoms with Gasteiger partial charge in [-0.3, -0.25) is 4.68 Å². The Morgan fingerprint density at radius 2 is 2.38 bits per heavy atom. The highest BCUT2D eigenvalue weighted by Crippen LogP contribution is 2.20. The second-order valence-corrected chi connectivity index (χ2v) is 3.66. The van der Waals surface area contributed by atoms with Gasteiger partial charge in [0.05, 0.1) is 18.1 Å². The van der Waals surface area contributed by atoms with Crippen LogP contribution in [0.5, 0.6) is 11.8 Å². The van der Waals surface area contributed by atoms with E-state index in [4.69, 9.17) is 14.9 Å². The summed E-state index contributed by atoms with van der Waals surface area (Å²) in [6.45, 7) is 4.40. The van der Waals surface area contributed by atoms with E-state index in [0.717, 1.165) is 0 Å². The van der Waals surface area contributed by atoms with Crippen LogP contribution in [0.3, 0.4) is 0 Å². The highest BCUT2D eigenvalue weighted by Gasteiger charge is 2.08. The van der Waals surface area contributed by atoms with Crippen LogP contribution in [0.25, 0.3) is 0 Å². The highest BCUT2D eigenvalue weighted by atomic mass is 16.6. The van der Waals surface area contributed by atoms with E-state index < -0.39 is 0 Å². The first-order valence-corrected chi connectivity index (χ1v) is 5.05. The molecule has 86 valence electrons. The van der Waals surface area contributed by atoms with E-state index in [1.807, 2.05) is 13.8 Å². The fraction of sp³-hybridized carbons (Fsp3) is 0.400. The first kappa shape index (κ1) is 10.7. The summed E-state index contributed by atoms with van der Waals surface area (Å²) in [6, 6.07) is 0.293. The van der Waals surface area contributed by atoms with Gasteiger partial charge >= 0.3 is 6.08 Å². The van der Waals surface area contributed by atoms with Crippen LogP contribution in [-0.4, -0.2) is 14.8 Å². The Bertz CT molecular complexity index is 461. The summed E-state index contributed by atoms with van der Waals surface area (Å²) in [5.74, 6) is 0.596. The second-order valence-electron chi connectivity index (χ2n) is 3.66. The first-order valence-electron chi connectivity index (χ1n) is 5.05. The molecule has 0 saturated carbocycles. The zero-order valence-corrected chi connectivity index (χ0v) is 9.25. The van der Waals surface area contributed by atoms with Gasteiger partial charge in [-0.1, -0.05) is 0 Å². The predicted molar refractivity (Wildman–Crippen MR) is 57.1 cm³/mol. The Hall–Kier alpha value is -1.82. The van der Waals surface area contributed by atoms with Gasteiger partial charge < -0.3 is 14.9 Å². The summed E-state index contributed by atoms with van der Waals surface area (Å²) in [5, 5.41) is 4.14. The molecule has 0 amide bonds. The number of aromatic nitrogens is 3. The van der Waals surface area contributed by atoms with Crippen LogP contribution >= 0.6 is 0 Å². The number of oxazole rings is 1. The van der Waals surface area contributed by atoms with Gasteiger partial charge in [-0.25, -0.2) is 0 Å². The Morgan fingerprint density at radius 1 is 1.56 bits per heavy atom. The third kappa shape index (κ3) is 2.22. The number of hydrogen-bond acceptors (Lipinski definition) is 5. The summed E-state index contributed by atoms with van der Waals surface area (Å²) < 4.78 is 12.2. The number of nitrogens with zero attached hydrogens (tertiary/aromatic N) is 3. The quantitative estimate of drug-likeness (QED) is 0.851. The summed E-state index contributed by atoms with van der Waals surface area (Å²) in [7, 11) is 0. The van der Waals surface area contributed by atoms with E-state index in [2.05, 4.69) is 10.1 Å². The molecule has 0 aliphatic carbocycles. The molecule has 2 aromatic heterocycles. The van der Waals surface area contributed by atoms with Gasteiger partial charge in [0.2, 0.25) is 0 Å². The van der Waals surface area contributed by atoms with Crippen molar-refractivity contribution in [3.63, 3.8) is 0 Å². The fourth-order valence-electron chi connectivity index (χ4n) is 1.19. The maximum absolute atomic E-state index is 5.41. The lowest BCUT2D eigenvalue weighted by Crippen LogP contribution is -1.99. The molecule has 16 heavy (non-hydrogen) atoms. The van der Waals surface area contributed by atoms with E-state index >= 15 is 0 Å². The monoisotopic (exact) mass is 222 g/mol. The topological polar surface area (TPSA) is 79.1 Å². The molecule has 0 bridgehead atoms. The lowest BCUT2D eigenvalue weighted by atomic mass is 10.4. The highest BCUT2D eigenvalue weighted by molar-refractivity contribution is 5.16. The molecule has 2 rings (SSSR count). The van der Waals surface area contributed by atoms with Gasteiger partial charge in [-0.05, 0) is 13.8 Å². The first-order chi connectivity index (χ1) is 7.69. The van der Waals surface area contributed by atoms with Crippen LogP contribution in [-0.2, 0) is 6.54 Å². The fourth-order valence-corrected chi connectivity index (χ4v) is 1.19. The minimum Gasteiger partial charge on any atom is -0.417 e. The van der Waals surface area contributed by atoms with Crippen LogP contribution in [0.4, 0.5) is 0 Å². The molecule has 0 aliphatic heterocycles. The van der Waals surface area contributed by atoms with Crippen molar-refractivity contribution in [1.29, 1.82) is 0 Å². The number of hydrogen-bond donors (Lipinski definition) is 1. The van der Waals surface area contributed by atoms with E-state index in [0.29, 0.717) is 24.0 Å². The van der Waals surface area contributed by atoms with E-state index in [1.54, 1.807) is 17.1 Å². The number of nitrogens with two attached hydrogens (primary N) is 1. The molecule has 0 unspecified atom stereocenters. The Balaban J connectivity index is 2.08. The van der Waals surface area contributed by atoms with Gasteiger partial charge in [-0.15, -0.1) is 0 Å². The Labute approximate surface area is 93.0 Å². The standard InChI is InChI=1S/C10H14N4O2/c1-7(2)14-5-9(4-12-14)16-10-13-8(3-11)6-15-10/h4-7H,3,11H2,1-2H3. The molecule has 0 radical (unpaired) electrons. The molecule has 2 aromatic rings. The molecule has 6 heteroatoms. The zero-order chi connectivity index (χ0) is 11.5. The summed E-state index contributed by atoms with van der Waals surface area (Å²) in [6.07, 6.45) is 5.06.